The quantitative estimate of drug-likeness (QED) is 0.895. The van der Waals surface area contributed by atoms with Crippen LogP contribution in [0.3, 0.4) is 0 Å². The molecule has 1 saturated carbocycles. The van der Waals surface area contributed by atoms with E-state index >= 15 is 0 Å². The van der Waals surface area contributed by atoms with Crippen LogP contribution in [0.2, 0.25) is 0 Å². The molecule has 0 unspecified atom stereocenters. The Kier molecular flexibility index (Phi) is 4.20. The van der Waals surface area contributed by atoms with Gasteiger partial charge in [0, 0.05) is 23.5 Å². The molecule has 0 heterocycles. The molecule has 1 aliphatic rings. The Hall–Kier alpha value is -1.84. The molecule has 4 heteroatoms. The van der Waals surface area contributed by atoms with E-state index in [0.29, 0.717) is 18.5 Å². The highest BCUT2D eigenvalue weighted by atomic mass is 16.4. The zero-order chi connectivity index (χ0) is 13.8. The molecule has 2 atom stereocenters. The highest BCUT2D eigenvalue weighted by Gasteiger charge is 2.31. The molecule has 102 valence electrons. The van der Waals surface area contributed by atoms with E-state index in [-0.39, 0.29) is 5.91 Å². The van der Waals surface area contributed by atoms with Gasteiger partial charge in [-0.1, -0.05) is 25.0 Å². The average molecular weight is 260 g/mol. The maximum Gasteiger partial charge on any atom is 0.228 e. The summed E-state index contributed by atoms with van der Waals surface area (Å²) in [6.45, 7) is 1.94. The molecule has 2 rings (SSSR count). The van der Waals surface area contributed by atoms with Crippen molar-refractivity contribution in [2.75, 3.05) is 5.32 Å². The molecule has 1 aromatic carbocycles. The largest absolute Gasteiger partial charge is 0.550 e. The Morgan fingerprint density at radius 2 is 1.89 bits per heavy atom. The van der Waals surface area contributed by atoms with E-state index in [1.54, 1.807) is 0 Å². The van der Waals surface area contributed by atoms with E-state index < -0.39 is 17.8 Å². The number of hydrogen-bond acceptors (Lipinski definition) is 3. The van der Waals surface area contributed by atoms with E-state index in [0.717, 1.165) is 18.4 Å². The second-order valence-electron chi connectivity index (χ2n) is 5.18. The van der Waals surface area contributed by atoms with Crippen LogP contribution < -0.4 is 10.4 Å². The Bertz CT molecular complexity index is 484. The van der Waals surface area contributed by atoms with E-state index in [2.05, 4.69) is 5.32 Å². The van der Waals surface area contributed by atoms with E-state index in [1.807, 2.05) is 31.2 Å². The summed E-state index contributed by atoms with van der Waals surface area (Å²) < 4.78 is 0. The van der Waals surface area contributed by atoms with Crippen molar-refractivity contribution in [1.82, 2.24) is 0 Å². The first-order chi connectivity index (χ1) is 9.08. The molecule has 0 radical (unpaired) electrons. The summed E-state index contributed by atoms with van der Waals surface area (Å²) in [5.74, 6) is -2.44. The monoisotopic (exact) mass is 260 g/mol. The topological polar surface area (TPSA) is 69.2 Å². The summed E-state index contributed by atoms with van der Waals surface area (Å²) >= 11 is 0. The Morgan fingerprint density at radius 3 is 2.53 bits per heavy atom. The third-order valence-corrected chi connectivity index (χ3v) is 3.69. The summed E-state index contributed by atoms with van der Waals surface area (Å²) in [4.78, 5) is 23.3. The van der Waals surface area contributed by atoms with Crippen LogP contribution >= 0.6 is 0 Å². The Morgan fingerprint density at radius 1 is 1.21 bits per heavy atom. The normalized spacial score (nSPS) is 22.8. The van der Waals surface area contributed by atoms with Crippen molar-refractivity contribution in [3.63, 3.8) is 0 Å². The molecule has 4 nitrogen and oxygen atoms in total. The Labute approximate surface area is 112 Å². The van der Waals surface area contributed by atoms with Crippen LogP contribution in [0.4, 0.5) is 5.69 Å². The second kappa shape index (κ2) is 5.87. The van der Waals surface area contributed by atoms with Gasteiger partial charge in [-0.3, -0.25) is 4.79 Å². The average Bonchev–Trinajstić information content (AvgIpc) is 2.38. The van der Waals surface area contributed by atoms with Gasteiger partial charge in [0.25, 0.3) is 0 Å². The number of carbonyl (C=O) groups excluding carboxylic acids is 2. The van der Waals surface area contributed by atoms with Gasteiger partial charge in [-0.15, -0.1) is 0 Å². The van der Waals surface area contributed by atoms with Crippen molar-refractivity contribution in [3.8, 4) is 0 Å². The Balaban J connectivity index is 2.07. The number of hydrogen-bond donors (Lipinski definition) is 1. The first kappa shape index (κ1) is 13.6. The van der Waals surface area contributed by atoms with Gasteiger partial charge in [0.1, 0.15) is 0 Å². The zero-order valence-electron chi connectivity index (χ0n) is 11.0. The minimum absolute atomic E-state index is 0.209. The maximum absolute atomic E-state index is 12.2. The summed E-state index contributed by atoms with van der Waals surface area (Å²) in [6, 6.07) is 7.48. The van der Waals surface area contributed by atoms with Crippen molar-refractivity contribution in [2.24, 2.45) is 11.8 Å². The van der Waals surface area contributed by atoms with Gasteiger partial charge in [0.2, 0.25) is 5.91 Å². The lowest BCUT2D eigenvalue weighted by Crippen LogP contribution is -2.42. The van der Waals surface area contributed by atoms with Gasteiger partial charge in [-0.05, 0) is 37.5 Å². The molecule has 19 heavy (non-hydrogen) atoms. The molecule has 1 amide bonds. The van der Waals surface area contributed by atoms with Crippen LogP contribution in [0.1, 0.15) is 31.2 Å². The van der Waals surface area contributed by atoms with Crippen LogP contribution in [-0.2, 0) is 9.59 Å². The highest BCUT2D eigenvalue weighted by Crippen LogP contribution is 2.30. The molecule has 0 aliphatic heterocycles. The SMILES string of the molecule is Cc1cccc(NC(=O)[C@H]2CCCC[C@@H]2C(=O)[O-])c1. The second-order valence-corrected chi connectivity index (χ2v) is 5.18. The van der Waals surface area contributed by atoms with Gasteiger partial charge >= 0.3 is 0 Å². The van der Waals surface area contributed by atoms with Crippen LogP contribution in [0.25, 0.3) is 0 Å². The molecule has 0 bridgehead atoms. The number of anilines is 1. The third-order valence-electron chi connectivity index (χ3n) is 3.69. The number of rotatable bonds is 3. The molecular weight excluding hydrogens is 242 g/mol. The first-order valence-corrected chi connectivity index (χ1v) is 6.66. The van der Waals surface area contributed by atoms with Gasteiger partial charge in [-0.25, -0.2) is 0 Å². The number of carboxylic acids is 1. The van der Waals surface area contributed by atoms with Gasteiger partial charge < -0.3 is 15.2 Å². The number of aryl methyl sites for hydroxylation is 1. The molecule has 1 aromatic rings. The molecule has 1 aliphatic carbocycles. The van der Waals surface area contributed by atoms with E-state index in [1.165, 1.54) is 0 Å². The summed E-state index contributed by atoms with van der Waals surface area (Å²) in [5, 5.41) is 13.9. The first-order valence-electron chi connectivity index (χ1n) is 6.66. The summed E-state index contributed by atoms with van der Waals surface area (Å²) in [5.41, 5.74) is 1.77. The fourth-order valence-corrected chi connectivity index (χ4v) is 2.68. The van der Waals surface area contributed by atoms with E-state index in [4.69, 9.17) is 0 Å². The lowest BCUT2D eigenvalue weighted by atomic mass is 9.78. The third kappa shape index (κ3) is 3.34. The number of carboxylic acid groups (broad SMARTS) is 1. The summed E-state index contributed by atoms with van der Waals surface area (Å²) in [7, 11) is 0. The van der Waals surface area contributed by atoms with Crippen LogP contribution in [0.5, 0.6) is 0 Å². The maximum atomic E-state index is 12.2. The van der Waals surface area contributed by atoms with Crippen LogP contribution in [-0.4, -0.2) is 11.9 Å². The molecule has 0 spiro atoms. The van der Waals surface area contributed by atoms with Crippen molar-refractivity contribution in [3.05, 3.63) is 29.8 Å². The number of amides is 1. The number of nitrogens with one attached hydrogen (secondary N) is 1. The zero-order valence-corrected chi connectivity index (χ0v) is 11.0. The lowest BCUT2D eigenvalue weighted by molar-refractivity contribution is -0.313. The minimum Gasteiger partial charge on any atom is -0.550 e. The summed E-state index contributed by atoms with van der Waals surface area (Å²) in [6.07, 6.45) is 2.91. The predicted octanol–water partition coefficient (Wildman–Crippen LogP) is 1.49. The predicted molar refractivity (Wildman–Crippen MR) is 70.3 cm³/mol. The number of carbonyl (C=O) groups is 2. The molecule has 1 N–H and O–H groups in total. The van der Waals surface area contributed by atoms with Crippen LogP contribution in [0.15, 0.2) is 24.3 Å². The van der Waals surface area contributed by atoms with Crippen LogP contribution in [0, 0.1) is 18.8 Å². The molecular formula is C15H18NO3-. The molecule has 1 fully saturated rings. The van der Waals surface area contributed by atoms with Crippen molar-refractivity contribution < 1.29 is 14.7 Å². The highest BCUT2D eigenvalue weighted by molar-refractivity contribution is 5.95. The minimum atomic E-state index is -1.11. The lowest BCUT2D eigenvalue weighted by Gasteiger charge is -2.31. The fourth-order valence-electron chi connectivity index (χ4n) is 2.68. The molecule has 0 aromatic heterocycles. The molecule has 0 saturated heterocycles. The van der Waals surface area contributed by atoms with Gasteiger partial charge in [-0.2, -0.15) is 0 Å². The standard InChI is InChI=1S/C15H19NO3/c1-10-5-4-6-11(9-10)16-14(17)12-7-2-3-8-13(12)15(18)19/h4-6,9,12-13H,2-3,7-8H2,1H3,(H,16,17)(H,18,19)/p-1/t12-,13-/m0/s1. The van der Waals surface area contributed by atoms with Crippen molar-refractivity contribution in [1.29, 1.82) is 0 Å². The van der Waals surface area contributed by atoms with Gasteiger partial charge in [0.05, 0.1) is 0 Å². The van der Waals surface area contributed by atoms with Crippen molar-refractivity contribution in [2.45, 2.75) is 32.6 Å². The van der Waals surface area contributed by atoms with E-state index in [9.17, 15) is 14.7 Å². The van der Waals surface area contributed by atoms with Gasteiger partial charge in [0.15, 0.2) is 0 Å². The number of aliphatic carboxylic acids is 1. The van der Waals surface area contributed by atoms with Crippen molar-refractivity contribution >= 4 is 17.6 Å². The number of benzene rings is 1. The smallest absolute Gasteiger partial charge is 0.228 e. The fraction of sp³-hybridized carbons (Fsp3) is 0.467.